The normalized spacial score (nSPS) is 11.1. The second-order valence-electron chi connectivity index (χ2n) is 2.44. The average molecular weight is 252 g/mol. The SMILES string of the molecule is COC(=O)c1csc(S(=O)(=O)O)c1OC. The van der Waals surface area contributed by atoms with Gasteiger partial charge in [-0.2, -0.15) is 8.42 Å². The number of thiophene rings is 1. The molecule has 6 nitrogen and oxygen atoms in total. The molecule has 0 aliphatic heterocycles. The van der Waals surface area contributed by atoms with Crippen molar-refractivity contribution in [1.29, 1.82) is 0 Å². The minimum Gasteiger partial charge on any atom is -0.493 e. The number of rotatable bonds is 3. The van der Waals surface area contributed by atoms with Crippen LogP contribution in [0.3, 0.4) is 0 Å². The van der Waals surface area contributed by atoms with Gasteiger partial charge in [0, 0.05) is 5.38 Å². The monoisotopic (exact) mass is 252 g/mol. The van der Waals surface area contributed by atoms with Gasteiger partial charge in [0.2, 0.25) is 0 Å². The zero-order valence-corrected chi connectivity index (χ0v) is 9.52. The van der Waals surface area contributed by atoms with Crippen molar-refractivity contribution in [2.24, 2.45) is 0 Å². The van der Waals surface area contributed by atoms with Crippen LogP contribution in [0.2, 0.25) is 0 Å². The third-order valence-corrected chi connectivity index (χ3v) is 3.89. The molecule has 84 valence electrons. The van der Waals surface area contributed by atoms with Crippen LogP contribution >= 0.6 is 11.3 Å². The predicted molar refractivity (Wildman–Crippen MR) is 52.0 cm³/mol. The van der Waals surface area contributed by atoms with Crippen molar-refractivity contribution in [3.8, 4) is 5.75 Å². The summed E-state index contributed by atoms with van der Waals surface area (Å²) in [4.78, 5) is 11.2. The summed E-state index contributed by atoms with van der Waals surface area (Å²) >= 11 is 0.688. The minimum absolute atomic E-state index is 0.0300. The fourth-order valence-corrected chi connectivity index (χ4v) is 2.74. The van der Waals surface area contributed by atoms with Gasteiger partial charge in [0.05, 0.1) is 14.2 Å². The van der Waals surface area contributed by atoms with Crippen molar-refractivity contribution in [1.82, 2.24) is 0 Å². The number of hydrogen-bond donors (Lipinski definition) is 1. The Morgan fingerprint density at radius 3 is 2.47 bits per heavy atom. The van der Waals surface area contributed by atoms with Gasteiger partial charge in [-0.3, -0.25) is 4.55 Å². The third kappa shape index (κ3) is 2.28. The molecule has 15 heavy (non-hydrogen) atoms. The van der Waals surface area contributed by atoms with Crippen LogP contribution in [0.5, 0.6) is 5.75 Å². The van der Waals surface area contributed by atoms with E-state index in [2.05, 4.69) is 4.74 Å². The van der Waals surface area contributed by atoms with Crippen LogP contribution < -0.4 is 4.74 Å². The molecule has 1 heterocycles. The number of carbonyl (C=O) groups is 1. The van der Waals surface area contributed by atoms with E-state index in [0.29, 0.717) is 11.3 Å². The number of hydrogen-bond acceptors (Lipinski definition) is 6. The standard InChI is InChI=1S/C7H8O6S2/c1-12-5-4(6(8)13-2)3-14-7(5)15(9,10)11/h3H,1-2H3,(H,9,10,11). The summed E-state index contributed by atoms with van der Waals surface area (Å²) in [6, 6.07) is 0. The van der Waals surface area contributed by atoms with E-state index in [1.807, 2.05) is 0 Å². The number of methoxy groups -OCH3 is 2. The van der Waals surface area contributed by atoms with Gasteiger partial charge in [0.25, 0.3) is 0 Å². The Hall–Kier alpha value is -1.12. The van der Waals surface area contributed by atoms with Gasteiger partial charge in [-0.1, -0.05) is 0 Å². The van der Waals surface area contributed by atoms with E-state index in [0.717, 1.165) is 7.11 Å². The van der Waals surface area contributed by atoms with Crippen LogP contribution in [-0.4, -0.2) is 33.2 Å². The first-order valence-corrected chi connectivity index (χ1v) is 5.95. The van der Waals surface area contributed by atoms with Crippen LogP contribution in [0.4, 0.5) is 0 Å². The molecule has 1 aromatic rings. The molecule has 0 amide bonds. The van der Waals surface area contributed by atoms with Crippen LogP contribution in [0, 0.1) is 0 Å². The molecule has 0 spiro atoms. The van der Waals surface area contributed by atoms with Crippen molar-refractivity contribution in [3.05, 3.63) is 10.9 Å². The Morgan fingerprint density at radius 2 is 2.07 bits per heavy atom. The lowest BCUT2D eigenvalue weighted by Crippen LogP contribution is -2.04. The Labute approximate surface area is 90.2 Å². The van der Waals surface area contributed by atoms with Crippen LogP contribution in [0.1, 0.15) is 10.4 Å². The fourth-order valence-electron chi connectivity index (χ4n) is 0.951. The molecule has 0 atom stereocenters. The molecule has 0 bridgehead atoms. The summed E-state index contributed by atoms with van der Waals surface area (Å²) in [6.45, 7) is 0. The molecule has 8 heteroatoms. The van der Waals surface area contributed by atoms with Gasteiger partial charge >= 0.3 is 16.1 Å². The topological polar surface area (TPSA) is 89.9 Å². The highest BCUT2D eigenvalue weighted by Gasteiger charge is 2.26. The average Bonchev–Trinajstić information content (AvgIpc) is 2.59. The summed E-state index contributed by atoms with van der Waals surface area (Å²) in [7, 11) is -2.02. The Kier molecular flexibility index (Phi) is 3.32. The molecule has 1 aromatic heterocycles. The fraction of sp³-hybridized carbons (Fsp3) is 0.286. The lowest BCUT2D eigenvalue weighted by Gasteiger charge is -2.02. The molecule has 0 radical (unpaired) electrons. The molecule has 0 aliphatic carbocycles. The second kappa shape index (κ2) is 4.17. The molecule has 1 N–H and O–H groups in total. The highest BCUT2D eigenvalue weighted by atomic mass is 32.3. The van der Waals surface area contributed by atoms with E-state index in [9.17, 15) is 13.2 Å². The van der Waals surface area contributed by atoms with Crippen LogP contribution in [0.25, 0.3) is 0 Å². The first kappa shape index (κ1) is 12.0. The molecule has 1 rings (SSSR count). The largest absolute Gasteiger partial charge is 0.493 e. The molecule has 0 aromatic carbocycles. The van der Waals surface area contributed by atoms with E-state index in [1.54, 1.807) is 0 Å². The van der Waals surface area contributed by atoms with Crippen LogP contribution in [0.15, 0.2) is 9.59 Å². The molecular formula is C7H8O6S2. The van der Waals surface area contributed by atoms with E-state index in [4.69, 9.17) is 9.29 Å². The first-order valence-electron chi connectivity index (χ1n) is 3.63. The summed E-state index contributed by atoms with van der Waals surface area (Å²) in [5.41, 5.74) is -0.0300. The van der Waals surface area contributed by atoms with Gasteiger partial charge in [0.15, 0.2) is 9.96 Å². The van der Waals surface area contributed by atoms with Gasteiger partial charge in [-0.05, 0) is 0 Å². The van der Waals surface area contributed by atoms with Crippen molar-refractivity contribution in [2.45, 2.75) is 4.21 Å². The Balaban J connectivity index is 3.36. The smallest absolute Gasteiger partial charge is 0.342 e. The zero-order chi connectivity index (χ0) is 11.6. The van der Waals surface area contributed by atoms with Gasteiger partial charge < -0.3 is 9.47 Å². The summed E-state index contributed by atoms with van der Waals surface area (Å²) in [5, 5.41) is 1.24. The number of ether oxygens (including phenoxy) is 2. The van der Waals surface area contributed by atoms with Gasteiger partial charge in [-0.15, -0.1) is 11.3 Å². The molecule has 0 unspecified atom stereocenters. The Bertz CT molecular complexity index is 472. The van der Waals surface area contributed by atoms with E-state index in [-0.39, 0.29) is 11.3 Å². The van der Waals surface area contributed by atoms with E-state index >= 15 is 0 Å². The second-order valence-corrected chi connectivity index (χ2v) is 4.93. The summed E-state index contributed by atoms with van der Waals surface area (Å²) in [5.74, 6) is -0.924. The maximum absolute atomic E-state index is 11.2. The number of esters is 1. The lowest BCUT2D eigenvalue weighted by atomic mass is 10.3. The summed E-state index contributed by atoms with van der Waals surface area (Å²) in [6.07, 6.45) is 0. The van der Waals surface area contributed by atoms with Crippen molar-refractivity contribution in [3.63, 3.8) is 0 Å². The molecular weight excluding hydrogens is 244 g/mol. The summed E-state index contributed by atoms with van der Waals surface area (Å²) < 4.78 is 39.3. The quantitative estimate of drug-likeness (QED) is 0.632. The first-order chi connectivity index (χ1) is 6.91. The predicted octanol–water partition coefficient (Wildman–Crippen LogP) is 0.790. The maximum Gasteiger partial charge on any atom is 0.342 e. The van der Waals surface area contributed by atoms with Gasteiger partial charge in [-0.25, -0.2) is 4.79 Å². The van der Waals surface area contributed by atoms with E-state index < -0.39 is 20.3 Å². The molecule has 0 saturated carbocycles. The minimum atomic E-state index is -4.38. The Morgan fingerprint density at radius 1 is 1.47 bits per heavy atom. The maximum atomic E-state index is 11.2. The highest BCUT2D eigenvalue weighted by molar-refractivity contribution is 7.88. The molecule has 0 saturated heterocycles. The third-order valence-electron chi connectivity index (χ3n) is 1.56. The van der Waals surface area contributed by atoms with Crippen molar-refractivity contribution < 1.29 is 27.2 Å². The number of carbonyl (C=O) groups excluding carboxylic acids is 1. The molecule has 0 fully saturated rings. The van der Waals surface area contributed by atoms with E-state index in [1.165, 1.54) is 12.5 Å². The lowest BCUT2D eigenvalue weighted by molar-refractivity contribution is 0.0597. The van der Waals surface area contributed by atoms with Crippen molar-refractivity contribution >= 4 is 27.4 Å². The van der Waals surface area contributed by atoms with Crippen molar-refractivity contribution in [2.75, 3.05) is 14.2 Å². The van der Waals surface area contributed by atoms with Gasteiger partial charge in [0.1, 0.15) is 5.56 Å². The zero-order valence-electron chi connectivity index (χ0n) is 7.88. The van der Waals surface area contributed by atoms with Crippen LogP contribution in [-0.2, 0) is 14.9 Å². The molecule has 0 aliphatic rings. The highest BCUT2D eigenvalue weighted by Crippen LogP contribution is 2.34.